The zero-order valence-corrected chi connectivity index (χ0v) is 10.7. The molecular formula is C12H6Cl2F3NO. The van der Waals surface area contributed by atoms with Crippen LogP contribution in [-0.4, -0.2) is 4.98 Å². The maximum Gasteiger partial charge on any atom is 0.416 e. The van der Waals surface area contributed by atoms with E-state index >= 15 is 0 Å². The van der Waals surface area contributed by atoms with Crippen LogP contribution in [0, 0.1) is 0 Å². The fraction of sp³-hybridized carbons (Fsp3) is 0.0833. The summed E-state index contributed by atoms with van der Waals surface area (Å²) in [5.74, 6) is 0. The molecule has 0 aliphatic carbocycles. The van der Waals surface area contributed by atoms with Crippen molar-refractivity contribution in [3.05, 3.63) is 56.3 Å². The van der Waals surface area contributed by atoms with Crippen LogP contribution in [0.3, 0.4) is 0 Å². The number of pyridine rings is 1. The average Bonchev–Trinajstić information content (AvgIpc) is 2.31. The second-order valence-electron chi connectivity index (χ2n) is 3.77. The molecule has 19 heavy (non-hydrogen) atoms. The Balaban J connectivity index is 2.59. The van der Waals surface area contributed by atoms with E-state index in [4.69, 9.17) is 23.2 Å². The highest BCUT2D eigenvalue weighted by molar-refractivity contribution is 6.42. The Hall–Kier alpha value is -1.46. The smallest absolute Gasteiger partial charge is 0.322 e. The Kier molecular flexibility index (Phi) is 3.60. The van der Waals surface area contributed by atoms with E-state index in [2.05, 4.69) is 4.98 Å². The summed E-state index contributed by atoms with van der Waals surface area (Å²) >= 11 is 11.5. The summed E-state index contributed by atoms with van der Waals surface area (Å²) in [5, 5.41) is 0.470. The summed E-state index contributed by atoms with van der Waals surface area (Å²) in [5.41, 5.74) is -1.48. The molecule has 0 fully saturated rings. The number of alkyl halides is 3. The first-order chi connectivity index (χ1) is 8.77. The Morgan fingerprint density at radius 3 is 2.26 bits per heavy atom. The zero-order chi connectivity index (χ0) is 14.2. The Morgan fingerprint density at radius 2 is 1.68 bits per heavy atom. The van der Waals surface area contributed by atoms with Crippen molar-refractivity contribution in [2.24, 2.45) is 0 Å². The van der Waals surface area contributed by atoms with E-state index < -0.39 is 17.3 Å². The topological polar surface area (TPSA) is 32.9 Å². The zero-order valence-electron chi connectivity index (χ0n) is 9.18. The maximum absolute atomic E-state index is 12.6. The first-order valence-electron chi connectivity index (χ1n) is 5.04. The van der Waals surface area contributed by atoms with Gasteiger partial charge >= 0.3 is 6.18 Å². The highest BCUT2D eigenvalue weighted by Crippen LogP contribution is 2.32. The lowest BCUT2D eigenvalue weighted by molar-refractivity contribution is -0.137. The van der Waals surface area contributed by atoms with Crippen molar-refractivity contribution in [2.45, 2.75) is 6.18 Å². The Bertz CT molecular complexity index is 679. The summed E-state index contributed by atoms with van der Waals surface area (Å²) in [4.78, 5) is 13.6. The normalized spacial score (nSPS) is 11.6. The van der Waals surface area contributed by atoms with E-state index in [1.807, 2.05) is 0 Å². The van der Waals surface area contributed by atoms with Gasteiger partial charge < -0.3 is 4.98 Å². The second-order valence-corrected chi connectivity index (χ2v) is 4.59. The van der Waals surface area contributed by atoms with E-state index in [-0.39, 0.29) is 15.7 Å². The lowest BCUT2D eigenvalue weighted by Gasteiger charge is -2.09. The van der Waals surface area contributed by atoms with Crippen LogP contribution in [0.25, 0.3) is 11.3 Å². The van der Waals surface area contributed by atoms with E-state index in [9.17, 15) is 18.0 Å². The van der Waals surface area contributed by atoms with Crippen LogP contribution in [0.2, 0.25) is 10.0 Å². The fourth-order valence-corrected chi connectivity index (χ4v) is 1.82. The molecule has 2 nitrogen and oxygen atoms in total. The molecule has 0 saturated carbocycles. The number of halogens is 5. The van der Waals surface area contributed by atoms with Crippen LogP contribution in [0.15, 0.2) is 35.1 Å². The highest BCUT2D eigenvalue weighted by atomic mass is 35.5. The summed E-state index contributed by atoms with van der Waals surface area (Å²) in [6, 6.07) is 5.65. The lowest BCUT2D eigenvalue weighted by Crippen LogP contribution is -2.13. The third-order valence-electron chi connectivity index (χ3n) is 2.40. The van der Waals surface area contributed by atoms with Gasteiger partial charge in [0.25, 0.3) is 0 Å². The van der Waals surface area contributed by atoms with Crippen molar-refractivity contribution in [2.75, 3.05) is 0 Å². The van der Waals surface area contributed by atoms with Gasteiger partial charge in [-0.3, -0.25) is 4.79 Å². The van der Waals surface area contributed by atoms with Crippen molar-refractivity contribution >= 4 is 23.2 Å². The number of rotatable bonds is 1. The molecule has 0 bridgehead atoms. The molecule has 1 aromatic carbocycles. The maximum atomic E-state index is 12.6. The lowest BCUT2D eigenvalue weighted by atomic mass is 10.1. The molecule has 1 heterocycles. The Morgan fingerprint density at radius 1 is 1.00 bits per heavy atom. The summed E-state index contributed by atoms with van der Waals surface area (Å²) in [6.07, 6.45) is -4.58. The molecule has 0 aliphatic rings. The quantitative estimate of drug-likeness (QED) is 0.834. The second kappa shape index (κ2) is 4.90. The fourth-order valence-electron chi connectivity index (χ4n) is 1.53. The van der Waals surface area contributed by atoms with Crippen molar-refractivity contribution in [3.63, 3.8) is 0 Å². The molecule has 100 valence electrons. The molecular weight excluding hydrogens is 302 g/mol. The van der Waals surface area contributed by atoms with Crippen LogP contribution in [0.1, 0.15) is 5.56 Å². The molecule has 0 spiro atoms. The van der Waals surface area contributed by atoms with E-state index in [1.54, 1.807) is 0 Å². The third-order valence-corrected chi connectivity index (χ3v) is 3.14. The van der Waals surface area contributed by atoms with Gasteiger partial charge in [0.05, 0.1) is 15.6 Å². The van der Waals surface area contributed by atoms with Crippen molar-refractivity contribution in [1.29, 1.82) is 0 Å². The number of hydrogen-bond acceptors (Lipinski definition) is 1. The molecule has 1 N–H and O–H groups in total. The molecule has 2 aromatic rings. The molecule has 0 atom stereocenters. The summed E-state index contributed by atoms with van der Waals surface area (Å²) < 4.78 is 37.8. The van der Waals surface area contributed by atoms with Crippen molar-refractivity contribution in [1.82, 2.24) is 4.98 Å². The molecule has 0 saturated heterocycles. The average molecular weight is 308 g/mol. The van der Waals surface area contributed by atoms with Crippen LogP contribution >= 0.6 is 23.2 Å². The van der Waals surface area contributed by atoms with Crippen LogP contribution in [0.4, 0.5) is 13.2 Å². The van der Waals surface area contributed by atoms with Crippen molar-refractivity contribution in [3.8, 4) is 11.3 Å². The van der Waals surface area contributed by atoms with E-state index in [0.29, 0.717) is 11.6 Å². The first-order valence-corrected chi connectivity index (χ1v) is 5.80. The molecule has 2 rings (SSSR count). The largest absolute Gasteiger partial charge is 0.416 e. The van der Waals surface area contributed by atoms with E-state index in [0.717, 1.165) is 6.07 Å². The van der Waals surface area contributed by atoms with Gasteiger partial charge in [-0.1, -0.05) is 29.3 Å². The standard InChI is InChI=1S/C12H6Cl2F3NO/c13-8-2-1-6(3-9(8)14)10-4-7(12(15,16)17)5-11(19)18-10/h1-5H,(H,18,19). The number of aromatic amines is 1. The SMILES string of the molecule is O=c1cc(C(F)(F)F)cc(-c2ccc(Cl)c(Cl)c2)[nH]1. The predicted molar refractivity (Wildman–Crippen MR) is 67.5 cm³/mol. The van der Waals surface area contributed by atoms with Gasteiger partial charge in [0.2, 0.25) is 5.56 Å². The van der Waals surface area contributed by atoms with Gasteiger partial charge in [-0.15, -0.1) is 0 Å². The molecule has 7 heteroatoms. The van der Waals surface area contributed by atoms with Gasteiger partial charge in [-0.2, -0.15) is 13.2 Å². The molecule has 0 aliphatic heterocycles. The number of H-pyrrole nitrogens is 1. The first kappa shape index (κ1) is 14.0. The number of aromatic nitrogens is 1. The minimum Gasteiger partial charge on any atom is -0.322 e. The third kappa shape index (κ3) is 3.11. The predicted octanol–water partition coefficient (Wildman–Crippen LogP) is 4.37. The Labute approximate surface area is 115 Å². The number of nitrogens with one attached hydrogen (secondary N) is 1. The van der Waals surface area contributed by atoms with Crippen molar-refractivity contribution < 1.29 is 13.2 Å². The molecule has 0 radical (unpaired) electrons. The monoisotopic (exact) mass is 307 g/mol. The molecule has 0 amide bonds. The summed E-state index contributed by atoms with van der Waals surface area (Å²) in [7, 11) is 0. The van der Waals surface area contributed by atoms with Crippen LogP contribution < -0.4 is 5.56 Å². The summed E-state index contributed by atoms with van der Waals surface area (Å²) in [6.45, 7) is 0. The van der Waals surface area contributed by atoms with Crippen LogP contribution in [-0.2, 0) is 6.18 Å². The van der Waals surface area contributed by atoms with E-state index in [1.165, 1.54) is 18.2 Å². The van der Waals surface area contributed by atoms with Gasteiger partial charge in [-0.25, -0.2) is 0 Å². The molecule has 0 unspecified atom stereocenters. The minimum atomic E-state index is -4.58. The molecule has 1 aromatic heterocycles. The van der Waals surface area contributed by atoms with Gasteiger partial charge in [0.15, 0.2) is 0 Å². The number of hydrogen-bond donors (Lipinski definition) is 1. The van der Waals surface area contributed by atoms with Crippen LogP contribution in [0.5, 0.6) is 0 Å². The minimum absolute atomic E-state index is 0.0263. The van der Waals surface area contributed by atoms with Gasteiger partial charge in [0, 0.05) is 11.8 Å². The number of benzene rings is 1. The highest BCUT2D eigenvalue weighted by Gasteiger charge is 2.31. The van der Waals surface area contributed by atoms with Gasteiger partial charge in [0.1, 0.15) is 0 Å². The van der Waals surface area contributed by atoms with Gasteiger partial charge in [-0.05, 0) is 23.8 Å².